The number of carbonyl (C=O) groups is 1. The lowest BCUT2D eigenvalue weighted by Crippen LogP contribution is -2.55. The Balaban J connectivity index is 1.49. The summed E-state index contributed by atoms with van der Waals surface area (Å²) in [5.41, 5.74) is 7.63. The molecule has 6 nitrogen and oxygen atoms in total. The van der Waals surface area contributed by atoms with Crippen molar-refractivity contribution in [2.24, 2.45) is 22.1 Å². The average molecular weight is 426 g/mol. The lowest BCUT2D eigenvalue weighted by molar-refractivity contribution is -0.130. The molecule has 0 bridgehead atoms. The Bertz CT molecular complexity index is 900. The van der Waals surface area contributed by atoms with Crippen LogP contribution in [0.1, 0.15) is 82.8 Å². The summed E-state index contributed by atoms with van der Waals surface area (Å²) < 4.78 is 12.3. The zero-order valence-electron chi connectivity index (χ0n) is 18.9. The van der Waals surface area contributed by atoms with E-state index in [0.29, 0.717) is 12.5 Å². The number of carbonyl (C=O) groups excluding carboxylic acids is 1. The van der Waals surface area contributed by atoms with Gasteiger partial charge in [-0.05, 0) is 55.7 Å². The number of hydrogen-bond donors (Lipinski definition) is 2. The first-order valence-corrected chi connectivity index (χ1v) is 11.9. The minimum Gasteiger partial charge on any atom is -0.490 e. The molecule has 1 spiro atoms. The van der Waals surface area contributed by atoms with Crippen LogP contribution in [0.25, 0.3) is 0 Å². The Kier molecular flexibility index (Phi) is 4.94. The molecule has 31 heavy (non-hydrogen) atoms. The highest BCUT2D eigenvalue weighted by atomic mass is 16.5. The molecule has 1 amide bonds. The van der Waals surface area contributed by atoms with Crippen LogP contribution in [0.4, 0.5) is 0 Å². The average Bonchev–Trinajstić information content (AvgIpc) is 3.39. The maximum absolute atomic E-state index is 12.6. The topological polar surface area (TPSA) is 85.9 Å². The zero-order valence-corrected chi connectivity index (χ0v) is 18.9. The Morgan fingerprint density at radius 2 is 1.97 bits per heavy atom. The SMILES string of the molecule is CC(C)(C)C(=O)N[C@@H]1CC[C@@H]2Oc3ccc(C4CCCC4)cc3C3(COC(N)=N3)[C@H]2C1. The number of amidine groups is 1. The minimum atomic E-state index is -0.526. The Labute approximate surface area is 185 Å². The number of nitrogens with zero attached hydrogens (tertiary/aromatic N) is 1. The number of amides is 1. The van der Waals surface area contributed by atoms with Crippen LogP contribution in [0.2, 0.25) is 0 Å². The molecule has 4 aliphatic rings. The Morgan fingerprint density at radius 3 is 2.65 bits per heavy atom. The van der Waals surface area contributed by atoms with Gasteiger partial charge < -0.3 is 20.5 Å². The first-order chi connectivity index (χ1) is 14.8. The summed E-state index contributed by atoms with van der Waals surface area (Å²) in [5.74, 6) is 1.76. The van der Waals surface area contributed by atoms with Crippen molar-refractivity contribution < 1.29 is 14.3 Å². The van der Waals surface area contributed by atoms with Crippen LogP contribution in [0.3, 0.4) is 0 Å². The quantitative estimate of drug-likeness (QED) is 0.751. The van der Waals surface area contributed by atoms with E-state index in [9.17, 15) is 4.79 Å². The molecule has 4 atom stereocenters. The van der Waals surface area contributed by atoms with E-state index in [2.05, 4.69) is 23.5 Å². The number of hydrogen-bond acceptors (Lipinski definition) is 5. The van der Waals surface area contributed by atoms with Crippen molar-refractivity contribution >= 4 is 11.9 Å². The van der Waals surface area contributed by atoms with E-state index in [1.807, 2.05) is 20.8 Å². The lowest BCUT2D eigenvalue weighted by atomic mass is 9.66. The molecule has 2 aliphatic heterocycles. The van der Waals surface area contributed by atoms with Crippen molar-refractivity contribution in [1.29, 1.82) is 0 Å². The van der Waals surface area contributed by atoms with Gasteiger partial charge >= 0.3 is 0 Å². The van der Waals surface area contributed by atoms with Crippen LogP contribution in [0.5, 0.6) is 5.75 Å². The maximum atomic E-state index is 12.6. The highest BCUT2D eigenvalue weighted by Gasteiger charge is 2.55. The highest BCUT2D eigenvalue weighted by Crippen LogP contribution is 2.53. The number of ether oxygens (including phenoxy) is 2. The molecule has 0 aromatic heterocycles. The maximum Gasteiger partial charge on any atom is 0.283 e. The summed E-state index contributed by atoms with van der Waals surface area (Å²) in [5, 5.41) is 3.27. The molecule has 2 aliphatic carbocycles. The van der Waals surface area contributed by atoms with Gasteiger partial charge in [0.25, 0.3) is 6.02 Å². The van der Waals surface area contributed by atoms with Crippen LogP contribution in [0, 0.1) is 11.3 Å². The van der Waals surface area contributed by atoms with Gasteiger partial charge in [0.1, 0.15) is 24.0 Å². The van der Waals surface area contributed by atoms with Gasteiger partial charge in [-0.3, -0.25) is 4.79 Å². The Morgan fingerprint density at radius 1 is 1.19 bits per heavy atom. The standard InChI is InChI=1S/C25H35N3O3/c1-24(2,3)22(29)27-17-9-11-21-19(13-17)25(14-30-23(26)28-25)18-12-16(8-10-20(18)31-21)15-6-4-5-7-15/h8,10,12,15,17,19,21H,4-7,9,11,13-14H2,1-3H3,(H2,26,28)(H,27,29)/t17-,19+,21+,25?/m1/s1. The van der Waals surface area contributed by atoms with Gasteiger partial charge in [0.2, 0.25) is 5.91 Å². The second-order valence-electron chi connectivity index (χ2n) is 10.9. The molecule has 2 saturated carbocycles. The van der Waals surface area contributed by atoms with E-state index in [1.165, 1.54) is 31.2 Å². The highest BCUT2D eigenvalue weighted by molar-refractivity contribution is 5.81. The van der Waals surface area contributed by atoms with E-state index < -0.39 is 11.0 Å². The third-order valence-corrected chi connectivity index (χ3v) is 7.74. The Hall–Kier alpha value is -2.24. The molecule has 6 heteroatoms. The number of nitrogens with one attached hydrogen (secondary N) is 1. The molecule has 0 radical (unpaired) electrons. The molecular formula is C25H35N3O3. The number of benzene rings is 1. The molecule has 3 N–H and O–H groups in total. The zero-order chi connectivity index (χ0) is 21.8. The number of aliphatic imine (C=N–C) groups is 1. The second kappa shape index (κ2) is 7.42. The molecule has 1 aromatic carbocycles. The van der Waals surface area contributed by atoms with Crippen molar-refractivity contribution in [3.05, 3.63) is 29.3 Å². The first kappa shape index (κ1) is 20.7. The molecule has 2 fully saturated rings. The monoisotopic (exact) mass is 425 g/mol. The molecule has 0 saturated heterocycles. The van der Waals surface area contributed by atoms with Crippen molar-refractivity contribution in [2.45, 2.75) is 89.3 Å². The van der Waals surface area contributed by atoms with Crippen LogP contribution < -0.4 is 15.8 Å². The van der Waals surface area contributed by atoms with Crippen molar-refractivity contribution in [2.75, 3.05) is 6.61 Å². The third-order valence-electron chi connectivity index (χ3n) is 7.74. The predicted molar refractivity (Wildman–Crippen MR) is 120 cm³/mol. The summed E-state index contributed by atoms with van der Waals surface area (Å²) >= 11 is 0. The van der Waals surface area contributed by atoms with Crippen molar-refractivity contribution in [3.8, 4) is 5.75 Å². The van der Waals surface area contributed by atoms with E-state index in [1.54, 1.807) is 0 Å². The van der Waals surface area contributed by atoms with Crippen molar-refractivity contribution in [3.63, 3.8) is 0 Å². The molecule has 5 rings (SSSR count). The molecular weight excluding hydrogens is 390 g/mol. The fourth-order valence-electron chi connectivity index (χ4n) is 5.96. The summed E-state index contributed by atoms with van der Waals surface area (Å²) in [6, 6.07) is 7.06. The van der Waals surface area contributed by atoms with Gasteiger partial charge in [-0.2, -0.15) is 0 Å². The molecule has 168 valence electrons. The van der Waals surface area contributed by atoms with Crippen LogP contribution in [0.15, 0.2) is 23.2 Å². The number of nitrogens with two attached hydrogens (primary N) is 1. The predicted octanol–water partition coefficient (Wildman–Crippen LogP) is 3.98. The second-order valence-corrected chi connectivity index (χ2v) is 10.9. The summed E-state index contributed by atoms with van der Waals surface area (Å²) in [6.07, 6.45) is 7.79. The summed E-state index contributed by atoms with van der Waals surface area (Å²) in [4.78, 5) is 17.5. The fourth-order valence-corrected chi connectivity index (χ4v) is 5.96. The minimum absolute atomic E-state index is 0.0610. The summed E-state index contributed by atoms with van der Waals surface area (Å²) in [6.45, 7) is 6.31. The molecule has 1 unspecified atom stereocenters. The smallest absolute Gasteiger partial charge is 0.283 e. The number of rotatable bonds is 2. The van der Waals surface area contributed by atoms with Crippen LogP contribution in [-0.4, -0.2) is 30.7 Å². The lowest BCUT2D eigenvalue weighted by Gasteiger charge is -2.48. The first-order valence-electron chi connectivity index (χ1n) is 11.9. The normalized spacial score (nSPS) is 32.6. The van der Waals surface area contributed by atoms with E-state index >= 15 is 0 Å². The van der Waals surface area contributed by atoms with Gasteiger partial charge in [0, 0.05) is 22.9 Å². The van der Waals surface area contributed by atoms with E-state index in [4.69, 9.17) is 20.2 Å². The van der Waals surface area contributed by atoms with E-state index in [-0.39, 0.29) is 30.0 Å². The van der Waals surface area contributed by atoms with Gasteiger partial charge in [-0.1, -0.05) is 39.7 Å². The fraction of sp³-hybridized carbons (Fsp3) is 0.680. The van der Waals surface area contributed by atoms with E-state index in [0.717, 1.165) is 30.6 Å². The largest absolute Gasteiger partial charge is 0.490 e. The van der Waals surface area contributed by atoms with Gasteiger partial charge in [0.05, 0.1) is 0 Å². The van der Waals surface area contributed by atoms with Crippen LogP contribution >= 0.6 is 0 Å². The van der Waals surface area contributed by atoms with Gasteiger partial charge in [-0.25, -0.2) is 4.99 Å². The van der Waals surface area contributed by atoms with Crippen molar-refractivity contribution in [1.82, 2.24) is 5.32 Å². The molecule has 2 heterocycles. The number of fused-ring (bicyclic) bond motifs is 4. The summed E-state index contributed by atoms with van der Waals surface area (Å²) in [7, 11) is 0. The molecule has 1 aromatic rings. The third kappa shape index (κ3) is 3.58. The van der Waals surface area contributed by atoms with Gasteiger partial charge in [0.15, 0.2) is 0 Å². The van der Waals surface area contributed by atoms with Crippen LogP contribution in [-0.2, 0) is 15.1 Å². The van der Waals surface area contributed by atoms with Gasteiger partial charge in [-0.15, -0.1) is 0 Å².